The third-order valence-electron chi connectivity index (χ3n) is 2.19. The Morgan fingerprint density at radius 3 is 2.57 bits per heavy atom. The summed E-state index contributed by atoms with van der Waals surface area (Å²) in [5.74, 6) is 0. The second kappa shape index (κ2) is 5.06. The van der Waals surface area contributed by atoms with E-state index in [2.05, 4.69) is 4.72 Å². The molecule has 2 N–H and O–H groups in total. The van der Waals surface area contributed by atoms with Crippen molar-refractivity contribution in [1.29, 1.82) is 0 Å². The Morgan fingerprint density at radius 2 is 2.07 bits per heavy atom. The minimum Gasteiger partial charge on any atom is -0.392 e. The van der Waals surface area contributed by atoms with E-state index in [1.165, 1.54) is 0 Å². The molecule has 1 heterocycles. The minimum atomic E-state index is -3.27. The van der Waals surface area contributed by atoms with Crippen LogP contribution >= 0.6 is 0 Å². The summed E-state index contributed by atoms with van der Waals surface area (Å²) in [6.45, 7) is 2.63. The Morgan fingerprint density at radius 1 is 1.50 bits per heavy atom. The predicted molar refractivity (Wildman–Crippen MR) is 52.4 cm³/mol. The molecule has 1 unspecified atom stereocenters. The molecule has 0 aliphatic carbocycles. The summed E-state index contributed by atoms with van der Waals surface area (Å²) in [5.41, 5.74) is 0. The number of hydrogen-bond acceptors (Lipinski definition) is 4. The molecule has 0 aromatic rings. The highest BCUT2D eigenvalue weighted by atomic mass is 32.2. The van der Waals surface area contributed by atoms with Gasteiger partial charge in [-0.1, -0.05) is 0 Å². The molecule has 0 aromatic carbocycles. The van der Waals surface area contributed by atoms with Crippen LogP contribution in [0.5, 0.6) is 0 Å². The topological polar surface area (TPSA) is 75.6 Å². The Balaban J connectivity index is 2.46. The lowest BCUT2D eigenvalue weighted by Crippen LogP contribution is -2.40. The third-order valence-corrected chi connectivity index (χ3v) is 4.11. The Hall–Kier alpha value is -0.170. The molecule has 1 fully saturated rings. The van der Waals surface area contributed by atoms with Gasteiger partial charge in [0.25, 0.3) is 0 Å². The molecular formula is C8H17NO4S. The van der Waals surface area contributed by atoms with E-state index in [0.29, 0.717) is 26.1 Å². The molecule has 1 aliphatic rings. The van der Waals surface area contributed by atoms with E-state index < -0.39 is 16.1 Å². The zero-order valence-electron chi connectivity index (χ0n) is 8.27. The highest BCUT2D eigenvalue weighted by molar-refractivity contribution is 7.90. The second-order valence-corrected chi connectivity index (χ2v) is 5.60. The molecule has 14 heavy (non-hydrogen) atoms. The van der Waals surface area contributed by atoms with Crippen LogP contribution in [-0.2, 0) is 14.8 Å². The SMILES string of the molecule is CC(O)CNS(=O)(=O)C1CCOCC1. The number of sulfonamides is 1. The summed E-state index contributed by atoms with van der Waals surface area (Å²) < 4.78 is 30.7. The average molecular weight is 223 g/mol. The molecule has 0 aromatic heterocycles. The summed E-state index contributed by atoms with van der Waals surface area (Å²) in [7, 11) is -3.27. The lowest BCUT2D eigenvalue weighted by Gasteiger charge is -2.22. The van der Waals surface area contributed by atoms with Gasteiger partial charge in [0.05, 0.1) is 11.4 Å². The van der Waals surface area contributed by atoms with Gasteiger partial charge in [-0.15, -0.1) is 0 Å². The largest absolute Gasteiger partial charge is 0.392 e. The molecule has 0 bridgehead atoms. The highest BCUT2D eigenvalue weighted by Gasteiger charge is 2.27. The number of aliphatic hydroxyl groups is 1. The Labute approximate surface area is 84.5 Å². The zero-order valence-corrected chi connectivity index (χ0v) is 9.09. The quantitative estimate of drug-likeness (QED) is 0.671. The number of hydrogen-bond donors (Lipinski definition) is 2. The van der Waals surface area contributed by atoms with Gasteiger partial charge in [0.15, 0.2) is 0 Å². The fourth-order valence-corrected chi connectivity index (χ4v) is 2.86. The first-order chi connectivity index (χ1) is 6.52. The van der Waals surface area contributed by atoms with Crippen molar-refractivity contribution in [3.8, 4) is 0 Å². The normalized spacial score (nSPS) is 22.1. The van der Waals surface area contributed by atoms with Crippen molar-refractivity contribution in [2.24, 2.45) is 0 Å². The van der Waals surface area contributed by atoms with Crippen LogP contribution in [-0.4, -0.2) is 44.6 Å². The number of ether oxygens (including phenoxy) is 1. The highest BCUT2D eigenvalue weighted by Crippen LogP contribution is 2.14. The van der Waals surface area contributed by atoms with Gasteiger partial charge in [-0.3, -0.25) is 0 Å². The molecule has 5 nitrogen and oxygen atoms in total. The van der Waals surface area contributed by atoms with Gasteiger partial charge in [-0.2, -0.15) is 0 Å². The summed E-state index contributed by atoms with van der Waals surface area (Å²) >= 11 is 0. The van der Waals surface area contributed by atoms with Crippen LogP contribution < -0.4 is 4.72 Å². The van der Waals surface area contributed by atoms with Gasteiger partial charge in [-0.05, 0) is 19.8 Å². The molecule has 0 amide bonds. The van der Waals surface area contributed by atoms with E-state index >= 15 is 0 Å². The fourth-order valence-electron chi connectivity index (χ4n) is 1.34. The maximum absolute atomic E-state index is 11.6. The predicted octanol–water partition coefficient (Wildman–Crippen LogP) is -0.534. The van der Waals surface area contributed by atoms with Crippen molar-refractivity contribution in [1.82, 2.24) is 4.72 Å². The van der Waals surface area contributed by atoms with E-state index in [-0.39, 0.29) is 11.8 Å². The molecule has 0 radical (unpaired) electrons. The van der Waals surface area contributed by atoms with Crippen molar-refractivity contribution in [3.63, 3.8) is 0 Å². The molecule has 0 saturated carbocycles. The van der Waals surface area contributed by atoms with Gasteiger partial charge in [-0.25, -0.2) is 13.1 Å². The summed E-state index contributed by atoms with van der Waals surface area (Å²) in [4.78, 5) is 0. The van der Waals surface area contributed by atoms with Gasteiger partial charge in [0, 0.05) is 19.8 Å². The first-order valence-corrected chi connectivity index (χ1v) is 6.31. The molecule has 1 saturated heterocycles. The molecular weight excluding hydrogens is 206 g/mol. The number of nitrogens with one attached hydrogen (secondary N) is 1. The van der Waals surface area contributed by atoms with Crippen LogP contribution in [0.15, 0.2) is 0 Å². The van der Waals surface area contributed by atoms with Crippen LogP contribution in [0.2, 0.25) is 0 Å². The molecule has 0 spiro atoms. The van der Waals surface area contributed by atoms with E-state index in [4.69, 9.17) is 9.84 Å². The van der Waals surface area contributed by atoms with E-state index in [9.17, 15) is 8.42 Å². The Bertz CT molecular complexity index is 257. The van der Waals surface area contributed by atoms with E-state index in [1.807, 2.05) is 0 Å². The monoisotopic (exact) mass is 223 g/mol. The van der Waals surface area contributed by atoms with Crippen LogP contribution in [0.1, 0.15) is 19.8 Å². The summed E-state index contributed by atoms with van der Waals surface area (Å²) in [6.07, 6.45) is 0.425. The van der Waals surface area contributed by atoms with Crippen molar-refractivity contribution < 1.29 is 18.3 Å². The maximum atomic E-state index is 11.6. The van der Waals surface area contributed by atoms with E-state index in [0.717, 1.165) is 0 Å². The number of rotatable bonds is 4. The standard InChI is InChI=1S/C8H17NO4S/c1-7(10)6-9-14(11,12)8-2-4-13-5-3-8/h7-10H,2-6H2,1H3. The van der Waals surface area contributed by atoms with Crippen molar-refractivity contribution >= 4 is 10.0 Å². The molecule has 6 heteroatoms. The van der Waals surface area contributed by atoms with Crippen LogP contribution in [0, 0.1) is 0 Å². The first kappa shape index (κ1) is 11.9. The molecule has 1 atom stereocenters. The van der Waals surface area contributed by atoms with Crippen molar-refractivity contribution in [2.75, 3.05) is 19.8 Å². The lowest BCUT2D eigenvalue weighted by atomic mass is 10.2. The minimum absolute atomic E-state index is 0.0830. The maximum Gasteiger partial charge on any atom is 0.214 e. The van der Waals surface area contributed by atoms with Crippen molar-refractivity contribution in [3.05, 3.63) is 0 Å². The third kappa shape index (κ3) is 3.53. The van der Waals surface area contributed by atoms with Gasteiger partial charge in [0.2, 0.25) is 10.0 Å². The van der Waals surface area contributed by atoms with Gasteiger partial charge in [0.1, 0.15) is 0 Å². The zero-order chi connectivity index (χ0) is 10.6. The second-order valence-electron chi connectivity index (χ2n) is 3.55. The van der Waals surface area contributed by atoms with Crippen LogP contribution in [0.25, 0.3) is 0 Å². The summed E-state index contributed by atoms with van der Waals surface area (Å²) in [6, 6.07) is 0. The Kier molecular flexibility index (Phi) is 4.31. The fraction of sp³-hybridized carbons (Fsp3) is 1.00. The molecule has 1 rings (SSSR count). The van der Waals surface area contributed by atoms with Crippen LogP contribution in [0.3, 0.4) is 0 Å². The lowest BCUT2D eigenvalue weighted by molar-refractivity contribution is 0.0980. The van der Waals surface area contributed by atoms with Crippen molar-refractivity contribution in [2.45, 2.75) is 31.1 Å². The first-order valence-electron chi connectivity index (χ1n) is 4.76. The summed E-state index contributed by atoms with van der Waals surface area (Å²) in [5, 5.41) is 8.60. The smallest absolute Gasteiger partial charge is 0.214 e. The number of aliphatic hydroxyl groups excluding tert-OH is 1. The average Bonchev–Trinajstić information content (AvgIpc) is 2.16. The van der Waals surface area contributed by atoms with Gasteiger partial charge < -0.3 is 9.84 Å². The van der Waals surface area contributed by atoms with E-state index in [1.54, 1.807) is 6.92 Å². The molecule has 1 aliphatic heterocycles. The van der Waals surface area contributed by atoms with Crippen LogP contribution in [0.4, 0.5) is 0 Å². The van der Waals surface area contributed by atoms with Gasteiger partial charge >= 0.3 is 0 Å². The molecule has 84 valence electrons.